The van der Waals surface area contributed by atoms with Crippen LogP contribution in [0.5, 0.6) is 0 Å². The summed E-state index contributed by atoms with van der Waals surface area (Å²) in [6, 6.07) is 8.48. The minimum atomic E-state index is -0.668. The van der Waals surface area contributed by atoms with E-state index in [2.05, 4.69) is 43.3 Å². The Bertz CT molecular complexity index is 449. The highest BCUT2D eigenvalue weighted by atomic mass is 16.4. The highest BCUT2D eigenvalue weighted by molar-refractivity contribution is 5.66. The normalized spacial score (nSPS) is 11.1. The van der Waals surface area contributed by atoms with Crippen LogP contribution < -0.4 is 0 Å². The summed E-state index contributed by atoms with van der Waals surface area (Å²) in [6.45, 7) is 2.15. The molecule has 22 heavy (non-hydrogen) atoms. The van der Waals surface area contributed by atoms with Crippen LogP contribution in [0.25, 0.3) is 6.08 Å². The number of allylic oxidation sites excluding steroid dienone is 1. The number of aliphatic carboxylic acids is 1. The first-order chi connectivity index (χ1) is 10.7. The van der Waals surface area contributed by atoms with Crippen LogP contribution in [-0.4, -0.2) is 11.1 Å². The number of aryl methyl sites for hydroxylation is 1. The van der Waals surface area contributed by atoms with E-state index in [4.69, 9.17) is 5.11 Å². The third kappa shape index (κ3) is 9.38. The second-order valence-corrected chi connectivity index (χ2v) is 6.02. The summed E-state index contributed by atoms with van der Waals surface area (Å²) in [6.07, 6.45) is 15.5. The van der Waals surface area contributed by atoms with E-state index in [-0.39, 0.29) is 0 Å². The van der Waals surface area contributed by atoms with Crippen molar-refractivity contribution in [1.82, 2.24) is 0 Å². The lowest BCUT2D eigenvalue weighted by molar-refractivity contribution is -0.137. The summed E-state index contributed by atoms with van der Waals surface area (Å²) >= 11 is 0. The molecule has 0 heterocycles. The molecule has 0 saturated carbocycles. The van der Waals surface area contributed by atoms with Gasteiger partial charge in [-0.1, -0.05) is 74.9 Å². The van der Waals surface area contributed by atoms with E-state index in [0.717, 1.165) is 19.3 Å². The van der Waals surface area contributed by atoms with Crippen LogP contribution >= 0.6 is 0 Å². The Kier molecular flexibility index (Phi) is 10.1. The van der Waals surface area contributed by atoms with Crippen LogP contribution in [0.4, 0.5) is 0 Å². The first kappa shape index (κ1) is 18.5. The lowest BCUT2D eigenvalue weighted by Crippen LogP contribution is -1.93. The standard InChI is InChI=1S/C20H30O2/c1-18-14-12-13-16-19(18)15-10-8-6-4-2-3-5-7-9-11-17-20(21)22/h10,12-16H,2-9,11,17H2,1H3,(H,21,22). The van der Waals surface area contributed by atoms with Crippen LogP contribution in [0, 0.1) is 6.92 Å². The minimum Gasteiger partial charge on any atom is -0.481 e. The molecule has 122 valence electrons. The van der Waals surface area contributed by atoms with E-state index < -0.39 is 5.97 Å². The Balaban J connectivity index is 1.92. The number of hydrogen-bond donors (Lipinski definition) is 1. The summed E-state index contributed by atoms with van der Waals surface area (Å²) in [5.41, 5.74) is 2.66. The molecule has 0 aliphatic carbocycles. The third-order valence-electron chi connectivity index (χ3n) is 4.00. The Morgan fingerprint density at radius 3 is 2.18 bits per heavy atom. The summed E-state index contributed by atoms with van der Waals surface area (Å²) in [5, 5.41) is 8.54. The van der Waals surface area contributed by atoms with Gasteiger partial charge in [-0.2, -0.15) is 0 Å². The molecule has 1 aromatic rings. The topological polar surface area (TPSA) is 37.3 Å². The van der Waals surface area contributed by atoms with Gasteiger partial charge < -0.3 is 5.11 Å². The fraction of sp³-hybridized carbons (Fsp3) is 0.550. The molecule has 0 spiro atoms. The Morgan fingerprint density at radius 2 is 1.55 bits per heavy atom. The summed E-state index contributed by atoms with van der Waals surface area (Å²) in [7, 11) is 0. The smallest absolute Gasteiger partial charge is 0.303 e. The monoisotopic (exact) mass is 302 g/mol. The highest BCUT2D eigenvalue weighted by Crippen LogP contribution is 2.13. The van der Waals surface area contributed by atoms with Crippen LogP contribution in [0.1, 0.15) is 75.3 Å². The van der Waals surface area contributed by atoms with Gasteiger partial charge in [-0.25, -0.2) is 0 Å². The van der Waals surface area contributed by atoms with E-state index in [1.165, 1.54) is 49.7 Å². The van der Waals surface area contributed by atoms with Crippen molar-refractivity contribution in [2.45, 2.75) is 71.1 Å². The zero-order valence-corrected chi connectivity index (χ0v) is 13.9. The molecule has 1 N–H and O–H groups in total. The number of hydrogen-bond acceptors (Lipinski definition) is 1. The fourth-order valence-electron chi connectivity index (χ4n) is 2.58. The summed E-state index contributed by atoms with van der Waals surface area (Å²) in [5.74, 6) is -0.668. The third-order valence-corrected chi connectivity index (χ3v) is 4.00. The number of carboxylic acids is 1. The van der Waals surface area contributed by atoms with Gasteiger partial charge in [0.05, 0.1) is 0 Å². The first-order valence-electron chi connectivity index (χ1n) is 8.64. The second-order valence-electron chi connectivity index (χ2n) is 6.02. The molecule has 0 atom stereocenters. The van der Waals surface area contributed by atoms with E-state index in [1.807, 2.05) is 0 Å². The molecule has 0 radical (unpaired) electrons. The van der Waals surface area contributed by atoms with Gasteiger partial charge in [0.2, 0.25) is 0 Å². The van der Waals surface area contributed by atoms with Gasteiger partial charge in [-0.15, -0.1) is 0 Å². The molecule has 0 aliphatic heterocycles. The van der Waals surface area contributed by atoms with Crippen LogP contribution in [0.15, 0.2) is 30.3 Å². The molecule has 0 amide bonds. The minimum absolute atomic E-state index is 0.327. The maximum absolute atomic E-state index is 10.4. The largest absolute Gasteiger partial charge is 0.481 e. The lowest BCUT2D eigenvalue weighted by atomic mass is 10.1. The molecule has 1 aromatic carbocycles. The zero-order chi connectivity index (χ0) is 16.0. The SMILES string of the molecule is Cc1ccccc1C=CCCCCCCCCCCC(=O)O. The molecule has 0 aliphatic rings. The van der Waals surface area contributed by atoms with Crippen molar-refractivity contribution in [3.8, 4) is 0 Å². The molecule has 2 nitrogen and oxygen atoms in total. The van der Waals surface area contributed by atoms with Crippen molar-refractivity contribution in [3.05, 3.63) is 41.5 Å². The molecule has 0 bridgehead atoms. The average Bonchev–Trinajstić information content (AvgIpc) is 2.49. The van der Waals surface area contributed by atoms with Gasteiger partial charge in [-0.05, 0) is 37.3 Å². The molecule has 0 saturated heterocycles. The Labute approximate surface area is 135 Å². The van der Waals surface area contributed by atoms with Gasteiger partial charge in [0, 0.05) is 6.42 Å². The van der Waals surface area contributed by atoms with Crippen LogP contribution in [0.3, 0.4) is 0 Å². The van der Waals surface area contributed by atoms with Crippen LogP contribution in [-0.2, 0) is 4.79 Å². The Hall–Kier alpha value is -1.57. The quantitative estimate of drug-likeness (QED) is 0.481. The van der Waals surface area contributed by atoms with Crippen molar-refractivity contribution < 1.29 is 9.90 Å². The van der Waals surface area contributed by atoms with E-state index >= 15 is 0 Å². The van der Waals surface area contributed by atoms with E-state index in [1.54, 1.807) is 0 Å². The maximum Gasteiger partial charge on any atom is 0.303 e. The van der Waals surface area contributed by atoms with Crippen LogP contribution in [0.2, 0.25) is 0 Å². The molecular weight excluding hydrogens is 272 g/mol. The summed E-state index contributed by atoms with van der Waals surface area (Å²) < 4.78 is 0. The number of rotatable bonds is 12. The van der Waals surface area contributed by atoms with Gasteiger partial charge in [0.1, 0.15) is 0 Å². The van der Waals surface area contributed by atoms with E-state index in [0.29, 0.717) is 6.42 Å². The Morgan fingerprint density at radius 1 is 0.955 bits per heavy atom. The highest BCUT2D eigenvalue weighted by Gasteiger charge is 1.96. The molecule has 1 rings (SSSR count). The van der Waals surface area contributed by atoms with Crippen molar-refractivity contribution >= 4 is 12.0 Å². The van der Waals surface area contributed by atoms with Crippen molar-refractivity contribution in [3.63, 3.8) is 0 Å². The number of benzene rings is 1. The van der Waals surface area contributed by atoms with Gasteiger partial charge in [0.25, 0.3) is 0 Å². The summed E-state index contributed by atoms with van der Waals surface area (Å²) in [4.78, 5) is 10.4. The predicted molar refractivity (Wildman–Crippen MR) is 94.0 cm³/mol. The molecule has 0 unspecified atom stereocenters. The predicted octanol–water partition coefficient (Wildman–Crippen LogP) is 5.99. The molecule has 0 aromatic heterocycles. The molecular formula is C20H30O2. The second kappa shape index (κ2) is 12.0. The van der Waals surface area contributed by atoms with Crippen molar-refractivity contribution in [2.24, 2.45) is 0 Å². The number of carboxylic acid groups (broad SMARTS) is 1. The number of unbranched alkanes of at least 4 members (excludes halogenated alkanes) is 8. The van der Waals surface area contributed by atoms with Gasteiger partial charge >= 0.3 is 5.97 Å². The zero-order valence-electron chi connectivity index (χ0n) is 13.9. The van der Waals surface area contributed by atoms with Crippen molar-refractivity contribution in [2.75, 3.05) is 0 Å². The molecule has 0 fully saturated rings. The van der Waals surface area contributed by atoms with Gasteiger partial charge in [-0.3, -0.25) is 4.79 Å². The van der Waals surface area contributed by atoms with Gasteiger partial charge in [0.15, 0.2) is 0 Å². The number of carbonyl (C=O) groups is 1. The fourth-order valence-corrected chi connectivity index (χ4v) is 2.58. The molecule has 2 heteroatoms. The van der Waals surface area contributed by atoms with Crippen molar-refractivity contribution in [1.29, 1.82) is 0 Å². The van der Waals surface area contributed by atoms with E-state index in [9.17, 15) is 4.79 Å². The maximum atomic E-state index is 10.4. The average molecular weight is 302 g/mol. The first-order valence-corrected chi connectivity index (χ1v) is 8.64. The lowest BCUT2D eigenvalue weighted by Gasteiger charge is -2.01.